The van der Waals surface area contributed by atoms with E-state index < -0.39 is 0 Å². The van der Waals surface area contributed by atoms with Crippen molar-refractivity contribution >= 4 is 28.8 Å². The van der Waals surface area contributed by atoms with E-state index in [9.17, 15) is 4.79 Å². The normalized spacial score (nSPS) is 9.78. The van der Waals surface area contributed by atoms with Crippen LogP contribution in [0.15, 0.2) is 48.8 Å². The smallest absolute Gasteiger partial charge is 0.257 e. The molecule has 5 heteroatoms. The average molecular weight is 257 g/mol. The summed E-state index contributed by atoms with van der Waals surface area (Å²) in [5.74, 6) is -0.203. The predicted molar refractivity (Wildman–Crippen MR) is 74.5 cm³/mol. The lowest BCUT2D eigenvalue weighted by Crippen LogP contribution is -2.13. The van der Waals surface area contributed by atoms with Crippen LogP contribution in [0.4, 0.5) is 5.69 Å². The van der Waals surface area contributed by atoms with E-state index in [-0.39, 0.29) is 5.91 Å². The first kappa shape index (κ1) is 12.2. The molecule has 0 saturated heterocycles. The van der Waals surface area contributed by atoms with E-state index >= 15 is 0 Å². The van der Waals surface area contributed by atoms with E-state index in [0.717, 1.165) is 5.56 Å². The molecule has 1 heterocycles. The monoisotopic (exact) mass is 257 g/mol. The lowest BCUT2D eigenvalue weighted by molar-refractivity contribution is 0.102. The summed E-state index contributed by atoms with van der Waals surface area (Å²) in [6.45, 7) is 0. The van der Waals surface area contributed by atoms with Crippen molar-refractivity contribution in [3.63, 3.8) is 0 Å². The molecule has 0 unspecified atom stereocenters. The number of rotatable bonds is 3. The number of thiocarbonyl (C=S) groups is 1. The highest BCUT2D eigenvalue weighted by molar-refractivity contribution is 7.80. The Morgan fingerprint density at radius 1 is 1.17 bits per heavy atom. The van der Waals surface area contributed by atoms with Gasteiger partial charge in [-0.25, -0.2) is 0 Å². The molecule has 4 nitrogen and oxygen atoms in total. The highest BCUT2D eigenvalue weighted by Gasteiger charge is 2.05. The van der Waals surface area contributed by atoms with Crippen LogP contribution in [0, 0.1) is 0 Å². The van der Waals surface area contributed by atoms with Crippen LogP contribution >= 0.6 is 12.2 Å². The maximum absolute atomic E-state index is 11.8. The van der Waals surface area contributed by atoms with Gasteiger partial charge in [0.05, 0.1) is 5.56 Å². The Kier molecular flexibility index (Phi) is 3.64. The predicted octanol–water partition coefficient (Wildman–Crippen LogP) is 1.97. The molecule has 2 rings (SSSR count). The Labute approximate surface area is 110 Å². The van der Waals surface area contributed by atoms with Gasteiger partial charge in [0.2, 0.25) is 0 Å². The molecule has 0 saturated carbocycles. The van der Waals surface area contributed by atoms with Crippen molar-refractivity contribution in [3.8, 4) is 0 Å². The molecule has 0 atom stereocenters. The minimum atomic E-state index is -0.203. The number of nitrogens with one attached hydrogen (secondary N) is 1. The Bertz CT molecular complexity index is 567. The number of nitrogens with zero attached hydrogens (tertiary/aromatic N) is 1. The molecule has 0 fully saturated rings. The molecular formula is C13H11N3OS. The maximum atomic E-state index is 11.8. The highest BCUT2D eigenvalue weighted by Crippen LogP contribution is 2.11. The van der Waals surface area contributed by atoms with Crippen LogP contribution in [0.1, 0.15) is 15.9 Å². The topological polar surface area (TPSA) is 68.0 Å². The van der Waals surface area contributed by atoms with Gasteiger partial charge in [-0.3, -0.25) is 9.78 Å². The fraction of sp³-hybridized carbons (Fsp3) is 0. The zero-order chi connectivity index (χ0) is 13.0. The van der Waals surface area contributed by atoms with Gasteiger partial charge in [0, 0.05) is 23.6 Å². The Morgan fingerprint density at radius 3 is 2.44 bits per heavy atom. The van der Waals surface area contributed by atoms with Crippen LogP contribution < -0.4 is 11.1 Å². The molecular weight excluding hydrogens is 246 g/mol. The summed E-state index contributed by atoms with van der Waals surface area (Å²) in [6, 6.07) is 10.4. The standard InChI is InChI=1S/C13H11N3OS/c14-12(18)9-3-5-11(6-4-9)16-13(17)10-2-1-7-15-8-10/h1-8H,(H2,14,18)(H,16,17). The van der Waals surface area contributed by atoms with Crippen molar-refractivity contribution in [1.82, 2.24) is 4.98 Å². The zero-order valence-electron chi connectivity index (χ0n) is 9.46. The number of hydrogen-bond acceptors (Lipinski definition) is 3. The third-order valence-corrected chi connectivity index (χ3v) is 2.59. The zero-order valence-corrected chi connectivity index (χ0v) is 10.3. The van der Waals surface area contributed by atoms with Gasteiger partial charge in [-0.05, 0) is 36.4 Å². The Hall–Kier alpha value is -2.27. The number of carbonyl (C=O) groups excluding carboxylic acids is 1. The molecule has 1 amide bonds. The number of pyridine rings is 1. The van der Waals surface area contributed by atoms with Gasteiger partial charge >= 0.3 is 0 Å². The molecule has 0 aliphatic carbocycles. The molecule has 2 aromatic rings. The van der Waals surface area contributed by atoms with Gasteiger partial charge in [-0.2, -0.15) is 0 Å². The van der Waals surface area contributed by atoms with Crippen LogP contribution in [0.25, 0.3) is 0 Å². The summed E-state index contributed by atoms with van der Waals surface area (Å²) < 4.78 is 0. The van der Waals surface area contributed by atoms with Gasteiger partial charge in [0.15, 0.2) is 0 Å². The van der Waals surface area contributed by atoms with Crippen LogP contribution in [-0.4, -0.2) is 15.9 Å². The minimum Gasteiger partial charge on any atom is -0.389 e. The van der Waals surface area contributed by atoms with Gasteiger partial charge < -0.3 is 11.1 Å². The van der Waals surface area contributed by atoms with E-state index in [0.29, 0.717) is 16.2 Å². The molecule has 3 N–H and O–H groups in total. The summed E-state index contributed by atoms with van der Waals surface area (Å²) in [7, 11) is 0. The van der Waals surface area contributed by atoms with Crippen molar-refractivity contribution in [2.75, 3.05) is 5.32 Å². The van der Waals surface area contributed by atoms with Crippen molar-refractivity contribution in [3.05, 3.63) is 59.9 Å². The molecule has 1 aromatic heterocycles. The second kappa shape index (κ2) is 5.37. The summed E-state index contributed by atoms with van der Waals surface area (Å²) in [5, 5.41) is 2.76. The fourth-order valence-electron chi connectivity index (χ4n) is 1.42. The SMILES string of the molecule is NC(=S)c1ccc(NC(=O)c2cccnc2)cc1. The summed E-state index contributed by atoms with van der Waals surface area (Å²) >= 11 is 4.85. The number of carbonyl (C=O) groups is 1. The third-order valence-electron chi connectivity index (χ3n) is 2.35. The first-order valence-corrected chi connectivity index (χ1v) is 5.69. The molecule has 0 aliphatic rings. The first-order valence-electron chi connectivity index (χ1n) is 5.28. The van der Waals surface area contributed by atoms with Gasteiger partial charge in [-0.1, -0.05) is 12.2 Å². The van der Waals surface area contributed by atoms with Crippen molar-refractivity contribution in [1.29, 1.82) is 0 Å². The second-order valence-corrected chi connectivity index (χ2v) is 4.08. The first-order chi connectivity index (χ1) is 8.66. The molecule has 90 valence electrons. The number of anilines is 1. The van der Waals surface area contributed by atoms with Gasteiger partial charge in [0.1, 0.15) is 4.99 Å². The maximum Gasteiger partial charge on any atom is 0.257 e. The van der Waals surface area contributed by atoms with Crippen LogP contribution in [-0.2, 0) is 0 Å². The Balaban J connectivity index is 2.10. The van der Waals surface area contributed by atoms with Crippen LogP contribution in [0.5, 0.6) is 0 Å². The van der Waals surface area contributed by atoms with Crippen LogP contribution in [0.2, 0.25) is 0 Å². The van der Waals surface area contributed by atoms with Gasteiger partial charge in [-0.15, -0.1) is 0 Å². The van der Waals surface area contributed by atoms with Crippen LogP contribution in [0.3, 0.4) is 0 Å². The number of amides is 1. The number of nitrogens with two attached hydrogens (primary N) is 1. The van der Waals surface area contributed by atoms with E-state index in [1.54, 1.807) is 42.6 Å². The molecule has 0 aliphatic heterocycles. The number of hydrogen-bond donors (Lipinski definition) is 2. The second-order valence-electron chi connectivity index (χ2n) is 3.64. The Morgan fingerprint density at radius 2 is 1.89 bits per heavy atom. The van der Waals surface area contributed by atoms with Gasteiger partial charge in [0.25, 0.3) is 5.91 Å². The van der Waals surface area contributed by atoms with E-state index in [4.69, 9.17) is 18.0 Å². The fourth-order valence-corrected chi connectivity index (χ4v) is 1.55. The minimum absolute atomic E-state index is 0.203. The summed E-state index contributed by atoms with van der Waals surface area (Å²) in [5.41, 5.74) is 7.45. The number of benzene rings is 1. The largest absolute Gasteiger partial charge is 0.389 e. The van der Waals surface area contributed by atoms with E-state index in [2.05, 4.69) is 10.3 Å². The molecule has 18 heavy (non-hydrogen) atoms. The summed E-state index contributed by atoms with van der Waals surface area (Å²) in [6.07, 6.45) is 3.13. The summed E-state index contributed by atoms with van der Waals surface area (Å²) in [4.78, 5) is 16.1. The van der Waals surface area contributed by atoms with E-state index in [1.807, 2.05) is 0 Å². The number of aromatic nitrogens is 1. The highest BCUT2D eigenvalue weighted by atomic mass is 32.1. The van der Waals surface area contributed by atoms with Crippen molar-refractivity contribution in [2.45, 2.75) is 0 Å². The lowest BCUT2D eigenvalue weighted by Gasteiger charge is -2.05. The lowest BCUT2D eigenvalue weighted by atomic mass is 10.2. The third kappa shape index (κ3) is 2.89. The molecule has 1 aromatic carbocycles. The molecule has 0 bridgehead atoms. The molecule has 0 radical (unpaired) electrons. The quantitative estimate of drug-likeness (QED) is 0.825. The van der Waals surface area contributed by atoms with Crippen molar-refractivity contribution in [2.24, 2.45) is 5.73 Å². The molecule has 0 spiro atoms. The average Bonchev–Trinajstić information content (AvgIpc) is 2.40. The van der Waals surface area contributed by atoms with E-state index in [1.165, 1.54) is 6.20 Å². The van der Waals surface area contributed by atoms with Crippen molar-refractivity contribution < 1.29 is 4.79 Å².